The summed E-state index contributed by atoms with van der Waals surface area (Å²) in [5, 5.41) is 0. The van der Waals surface area contributed by atoms with Gasteiger partial charge in [-0.05, 0) is 41.8 Å². The highest BCUT2D eigenvalue weighted by molar-refractivity contribution is 9.10. The number of halogens is 2. The number of fused-ring (bicyclic) bond motifs is 1. The minimum absolute atomic E-state index is 0.267. The predicted octanol–water partition coefficient (Wildman–Crippen LogP) is 4.86. The predicted molar refractivity (Wildman–Crippen MR) is 82.1 cm³/mol. The maximum atomic E-state index is 5.41. The van der Waals surface area contributed by atoms with Gasteiger partial charge in [-0.2, -0.15) is 0 Å². The second kappa shape index (κ2) is 5.55. The molecule has 0 saturated carbocycles. The number of benzene rings is 2. The molecule has 2 aromatic carbocycles. The van der Waals surface area contributed by atoms with Gasteiger partial charge < -0.3 is 9.47 Å². The van der Waals surface area contributed by atoms with Gasteiger partial charge in [0, 0.05) is 9.30 Å². The third-order valence-electron chi connectivity index (χ3n) is 3.09. The van der Waals surface area contributed by atoms with Crippen LogP contribution in [0.1, 0.15) is 16.0 Å². The van der Waals surface area contributed by atoms with Crippen LogP contribution in [0.25, 0.3) is 0 Å². The molecule has 2 aromatic rings. The van der Waals surface area contributed by atoms with E-state index in [0.29, 0.717) is 6.79 Å². The molecular weight excluding hydrogens is 372 g/mol. The number of ether oxygens (including phenoxy) is 2. The number of alkyl halides is 1. The summed E-state index contributed by atoms with van der Waals surface area (Å²) in [7, 11) is 0. The SMILES string of the molecule is Brc1ccc(CC(Br)c2ccc3c(c2)OCO3)cc1. The van der Waals surface area contributed by atoms with Gasteiger partial charge in [-0.3, -0.25) is 0 Å². The Morgan fingerprint density at radius 2 is 1.74 bits per heavy atom. The molecule has 4 heteroatoms. The van der Waals surface area contributed by atoms with E-state index in [1.807, 2.05) is 12.1 Å². The summed E-state index contributed by atoms with van der Waals surface area (Å²) in [5.41, 5.74) is 2.50. The second-order valence-corrected chi connectivity index (χ2v) is 6.43. The lowest BCUT2D eigenvalue weighted by Gasteiger charge is -2.11. The van der Waals surface area contributed by atoms with E-state index in [4.69, 9.17) is 9.47 Å². The largest absolute Gasteiger partial charge is 0.454 e. The standard InChI is InChI=1S/C15H12Br2O2/c16-12-4-1-10(2-5-12)7-13(17)11-3-6-14-15(8-11)19-9-18-14/h1-6,8,13H,7,9H2. The lowest BCUT2D eigenvalue weighted by atomic mass is 10.0. The molecule has 0 bridgehead atoms. The van der Waals surface area contributed by atoms with Crippen molar-refractivity contribution in [1.29, 1.82) is 0 Å². The third-order valence-corrected chi connectivity index (χ3v) is 4.47. The molecule has 0 aromatic heterocycles. The van der Waals surface area contributed by atoms with Gasteiger partial charge in [0.25, 0.3) is 0 Å². The van der Waals surface area contributed by atoms with Crippen LogP contribution in [0.4, 0.5) is 0 Å². The van der Waals surface area contributed by atoms with Crippen molar-refractivity contribution in [2.24, 2.45) is 0 Å². The average molecular weight is 384 g/mol. The molecule has 0 fully saturated rings. The van der Waals surface area contributed by atoms with Gasteiger partial charge in [-0.15, -0.1) is 0 Å². The molecule has 1 aliphatic rings. The first-order chi connectivity index (χ1) is 9.22. The van der Waals surface area contributed by atoms with Gasteiger partial charge in [0.1, 0.15) is 0 Å². The Hall–Kier alpha value is -1.00. The van der Waals surface area contributed by atoms with Gasteiger partial charge >= 0.3 is 0 Å². The van der Waals surface area contributed by atoms with Crippen LogP contribution in [0, 0.1) is 0 Å². The van der Waals surface area contributed by atoms with Crippen LogP contribution in [0.15, 0.2) is 46.9 Å². The highest BCUT2D eigenvalue weighted by Gasteiger charge is 2.16. The van der Waals surface area contributed by atoms with E-state index in [1.165, 1.54) is 11.1 Å². The quantitative estimate of drug-likeness (QED) is 0.705. The fourth-order valence-electron chi connectivity index (χ4n) is 2.05. The lowest BCUT2D eigenvalue weighted by Crippen LogP contribution is -1.95. The molecule has 0 aliphatic carbocycles. The van der Waals surface area contributed by atoms with Crippen LogP contribution in [-0.2, 0) is 6.42 Å². The summed E-state index contributed by atoms with van der Waals surface area (Å²) in [6.45, 7) is 0.318. The van der Waals surface area contributed by atoms with E-state index in [9.17, 15) is 0 Å². The number of hydrogen-bond donors (Lipinski definition) is 0. The zero-order valence-corrected chi connectivity index (χ0v) is 13.3. The van der Waals surface area contributed by atoms with Gasteiger partial charge in [0.15, 0.2) is 11.5 Å². The van der Waals surface area contributed by atoms with Crippen molar-refractivity contribution in [2.45, 2.75) is 11.2 Å². The molecule has 1 aliphatic heterocycles. The Morgan fingerprint density at radius 1 is 1.00 bits per heavy atom. The monoisotopic (exact) mass is 382 g/mol. The van der Waals surface area contributed by atoms with Crippen LogP contribution < -0.4 is 9.47 Å². The summed E-state index contributed by atoms with van der Waals surface area (Å²) in [4.78, 5) is 0.267. The fourth-order valence-corrected chi connectivity index (χ4v) is 2.98. The molecule has 1 atom stereocenters. The van der Waals surface area contributed by atoms with E-state index in [2.05, 4.69) is 62.2 Å². The van der Waals surface area contributed by atoms with Crippen molar-refractivity contribution in [1.82, 2.24) is 0 Å². The molecule has 1 heterocycles. The first-order valence-corrected chi connectivity index (χ1v) is 7.71. The van der Waals surface area contributed by atoms with Crippen molar-refractivity contribution in [3.8, 4) is 11.5 Å². The summed E-state index contributed by atoms with van der Waals surface area (Å²) in [6.07, 6.45) is 0.937. The van der Waals surface area contributed by atoms with Gasteiger partial charge in [-0.25, -0.2) is 0 Å². The van der Waals surface area contributed by atoms with E-state index in [-0.39, 0.29) is 4.83 Å². The Bertz CT molecular complexity index is 581. The minimum atomic E-state index is 0.267. The summed E-state index contributed by atoms with van der Waals surface area (Å²) in [6, 6.07) is 14.5. The molecule has 0 radical (unpaired) electrons. The Morgan fingerprint density at radius 3 is 2.53 bits per heavy atom. The molecule has 2 nitrogen and oxygen atoms in total. The van der Waals surface area contributed by atoms with Crippen molar-refractivity contribution in [3.63, 3.8) is 0 Å². The molecule has 98 valence electrons. The van der Waals surface area contributed by atoms with Crippen molar-refractivity contribution in [3.05, 3.63) is 58.1 Å². The Labute approximate surface area is 129 Å². The first-order valence-electron chi connectivity index (χ1n) is 6.00. The van der Waals surface area contributed by atoms with Gasteiger partial charge in [0.05, 0.1) is 0 Å². The maximum absolute atomic E-state index is 5.41. The van der Waals surface area contributed by atoms with E-state index in [0.717, 1.165) is 22.4 Å². The summed E-state index contributed by atoms with van der Waals surface area (Å²) in [5.74, 6) is 1.66. The lowest BCUT2D eigenvalue weighted by molar-refractivity contribution is 0.174. The van der Waals surface area contributed by atoms with Crippen LogP contribution in [0.3, 0.4) is 0 Å². The molecular formula is C15H12Br2O2. The summed E-state index contributed by atoms with van der Waals surface area (Å²) >= 11 is 7.19. The van der Waals surface area contributed by atoms with Crippen molar-refractivity contribution < 1.29 is 9.47 Å². The number of rotatable bonds is 3. The Balaban J connectivity index is 1.76. The van der Waals surface area contributed by atoms with Crippen LogP contribution in [-0.4, -0.2) is 6.79 Å². The molecule has 3 rings (SSSR count). The zero-order chi connectivity index (χ0) is 13.2. The maximum Gasteiger partial charge on any atom is 0.231 e. The third kappa shape index (κ3) is 2.95. The van der Waals surface area contributed by atoms with E-state index in [1.54, 1.807) is 0 Å². The first kappa shape index (κ1) is 13.0. The van der Waals surface area contributed by atoms with Crippen LogP contribution >= 0.6 is 31.9 Å². The molecule has 1 unspecified atom stereocenters. The summed E-state index contributed by atoms with van der Waals surface area (Å²) < 4.78 is 11.8. The minimum Gasteiger partial charge on any atom is -0.454 e. The topological polar surface area (TPSA) is 18.5 Å². The van der Waals surface area contributed by atoms with Crippen LogP contribution in [0.5, 0.6) is 11.5 Å². The van der Waals surface area contributed by atoms with Crippen molar-refractivity contribution in [2.75, 3.05) is 6.79 Å². The Kier molecular flexibility index (Phi) is 3.80. The number of hydrogen-bond acceptors (Lipinski definition) is 2. The smallest absolute Gasteiger partial charge is 0.231 e. The second-order valence-electron chi connectivity index (χ2n) is 4.41. The van der Waals surface area contributed by atoms with E-state index < -0.39 is 0 Å². The van der Waals surface area contributed by atoms with Gasteiger partial charge in [0.2, 0.25) is 6.79 Å². The van der Waals surface area contributed by atoms with Crippen LogP contribution in [0.2, 0.25) is 0 Å². The van der Waals surface area contributed by atoms with E-state index >= 15 is 0 Å². The normalized spacial score (nSPS) is 14.4. The average Bonchev–Trinajstić information content (AvgIpc) is 2.88. The van der Waals surface area contributed by atoms with Crippen molar-refractivity contribution >= 4 is 31.9 Å². The van der Waals surface area contributed by atoms with Gasteiger partial charge in [-0.1, -0.05) is 50.1 Å². The molecule has 0 spiro atoms. The zero-order valence-electron chi connectivity index (χ0n) is 10.1. The molecule has 19 heavy (non-hydrogen) atoms. The molecule has 0 N–H and O–H groups in total. The molecule has 0 amide bonds. The molecule has 0 saturated heterocycles. The highest BCUT2D eigenvalue weighted by Crippen LogP contribution is 2.37. The fraction of sp³-hybridized carbons (Fsp3) is 0.200. The highest BCUT2D eigenvalue weighted by atomic mass is 79.9.